The summed E-state index contributed by atoms with van der Waals surface area (Å²) in [6.07, 6.45) is 1.32. The first-order chi connectivity index (χ1) is 6.61. The Kier molecular flexibility index (Phi) is 1.86. The number of phenols is 1. The lowest BCUT2D eigenvalue weighted by molar-refractivity contribution is 0.0699. The van der Waals surface area contributed by atoms with Crippen molar-refractivity contribution in [3.8, 4) is 5.75 Å². The average molecular weight is 212 g/mol. The van der Waals surface area contributed by atoms with Crippen LogP contribution in [0.5, 0.6) is 5.75 Å². The minimum Gasteiger partial charge on any atom is -0.506 e. The van der Waals surface area contributed by atoms with Gasteiger partial charge in [-0.2, -0.15) is 0 Å². The van der Waals surface area contributed by atoms with E-state index in [-0.39, 0.29) is 21.7 Å². The van der Waals surface area contributed by atoms with Gasteiger partial charge in [0.1, 0.15) is 5.75 Å². The van der Waals surface area contributed by atoms with Crippen molar-refractivity contribution in [3.05, 3.63) is 28.9 Å². The summed E-state index contributed by atoms with van der Waals surface area (Å²) in [5, 5.41) is 18.8. The molecule has 0 amide bonds. The number of benzene rings is 1. The highest BCUT2D eigenvalue weighted by atomic mass is 35.5. The standard InChI is InChI=1S/C9H6ClNO3/c10-5-1-2-6-7(8(5)12)4(3-11-6)9(13)14/h1-3,11-12H,(H,13,14). The average Bonchev–Trinajstić information content (AvgIpc) is 2.55. The first-order valence-corrected chi connectivity index (χ1v) is 4.21. The molecule has 0 radical (unpaired) electrons. The fraction of sp³-hybridized carbons (Fsp3) is 0. The molecule has 0 aliphatic rings. The normalized spacial score (nSPS) is 10.6. The van der Waals surface area contributed by atoms with Gasteiger partial charge in [-0.05, 0) is 12.1 Å². The summed E-state index contributed by atoms with van der Waals surface area (Å²) < 4.78 is 0. The van der Waals surface area contributed by atoms with E-state index in [0.717, 1.165) is 0 Å². The SMILES string of the molecule is O=C(O)c1c[nH]c2ccc(Cl)c(O)c12. The molecule has 5 heteroatoms. The van der Waals surface area contributed by atoms with E-state index in [1.807, 2.05) is 0 Å². The summed E-state index contributed by atoms with van der Waals surface area (Å²) in [6.45, 7) is 0. The maximum atomic E-state index is 10.8. The summed E-state index contributed by atoms with van der Waals surface area (Å²) in [5.41, 5.74) is 0.560. The molecule has 4 nitrogen and oxygen atoms in total. The predicted octanol–water partition coefficient (Wildman–Crippen LogP) is 2.23. The van der Waals surface area contributed by atoms with Crippen LogP contribution in [-0.2, 0) is 0 Å². The number of carboxylic acid groups (broad SMARTS) is 1. The van der Waals surface area contributed by atoms with E-state index in [1.54, 1.807) is 6.07 Å². The molecule has 0 unspecified atom stereocenters. The van der Waals surface area contributed by atoms with Crippen molar-refractivity contribution < 1.29 is 15.0 Å². The Morgan fingerprint density at radius 2 is 2.14 bits per heavy atom. The molecule has 0 atom stereocenters. The topological polar surface area (TPSA) is 73.3 Å². The Bertz CT molecular complexity index is 518. The van der Waals surface area contributed by atoms with Crippen molar-refractivity contribution in [1.82, 2.24) is 4.98 Å². The molecule has 2 rings (SSSR count). The first kappa shape index (κ1) is 8.90. The number of aromatic hydroxyl groups is 1. The second kappa shape index (κ2) is 2.92. The van der Waals surface area contributed by atoms with Crippen LogP contribution in [-0.4, -0.2) is 21.2 Å². The van der Waals surface area contributed by atoms with E-state index < -0.39 is 5.97 Å². The molecule has 0 spiro atoms. The number of hydrogen-bond donors (Lipinski definition) is 3. The molecule has 1 aromatic carbocycles. The van der Waals surface area contributed by atoms with Crippen molar-refractivity contribution >= 4 is 28.5 Å². The number of rotatable bonds is 1. The van der Waals surface area contributed by atoms with Crippen LogP contribution in [0.3, 0.4) is 0 Å². The van der Waals surface area contributed by atoms with E-state index in [4.69, 9.17) is 16.7 Å². The number of halogens is 1. The molecule has 1 aromatic heterocycles. The molecule has 1 heterocycles. The molecule has 0 saturated carbocycles. The van der Waals surface area contributed by atoms with Crippen LogP contribution in [0, 0.1) is 0 Å². The number of H-pyrrole nitrogens is 1. The highest BCUT2D eigenvalue weighted by Crippen LogP contribution is 2.34. The van der Waals surface area contributed by atoms with Crippen LogP contribution in [0.2, 0.25) is 5.02 Å². The first-order valence-electron chi connectivity index (χ1n) is 3.83. The lowest BCUT2D eigenvalue weighted by Crippen LogP contribution is -1.93. The summed E-state index contributed by atoms with van der Waals surface area (Å²) in [4.78, 5) is 13.5. The predicted molar refractivity (Wildman–Crippen MR) is 51.9 cm³/mol. The second-order valence-electron chi connectivity index (χ2n) is 2.83. The monoisotopic (exact) mass is 211 g/mol. The molecular weight excluding hydrogens is 206 g/mol. The molecule has 14 heavy (non-hydrogen) atoms. The maximum Gasteiger partial charge on any atom is 0.338 e. The third-order valence-electron chi connectivity index (χ3n) is 2.00. The van der Waals surface area contributed by atoms with Crippen molar-refractivity contribution in [2.24, 2.45) is 0 Å². The fourth-order valence-corrected chi connectivity index (χ4v) is 1.51. The largest absolute Gasteiger partial charge is 0.506 e. The summed E-state index contributed by atoms with van der Waals surface area (Å²) in [7, 11) is 0. The lowest BCUT2D eigenvalue weighted by atomic mass is 10.1. The number of aromatic amines is 1. The lowest BCUT2D eigenvalue weighted by Gasteiger charge is -1.99. The number of carbonyl (C=O) groups is 1. The number of hydrogen-bond acceptors (Lipinski definition) is 2. The van der Waals surface area contributed by atoms with E-state index in [0.29, 0.717) is 5.52 Å². The summed E-state index contributed by atoms with van der Waals surface area (Å²) in [6, 6.07) is 3.12. The zero-order chi connectivity index (χ0) is 10.3. The quantitative estimate of drug-likeness (QED) is 0.677. The van der Waals surface area contributed by atoms with Crippen LogP contribution in [0.25, 0.3) is 10.9 Å². The van der Waals surface area contributed by atoms with Gasteiger partial charge in [0, 0.05) is 6.20 Å². The van der Waals surface area contributed by atoms with Gasteiger partial charge in [0.2, 0.25) is 0 Å². The zero-order valence-electron chi connectivity index (χ0n) is 6.91. The van der Waals surface area contributed by atoms with E-state index in [2.05, 4.69) is 4.98 Å². The van der Waals surface area contributed by atoms with Crippen molar-refractivity contribution in [2.45, 2.75) is 0 Å². The molecule has 0 saturated heterocycles. The van der Waals surface area contributed by atoms with Gasteiger partial charge < -0.3 is 15.2 Å². The molecule has 0 bridgehead atoms. The van der Waals surface area contributed by atoms with Gasteiger partial charge in [-0.25, -0.2) is 4.79 Å². The Labute approximate surface area is 83.7 Å². The molecule has 0 aliphatic carbocycles. The molecule has 0 aliphatic heterocycles. The van der Waals surface area contributed by atoms with Crippen LogP contribution in [0.4, 0.5) is 0 Å². The van der Waals surface area contributed by atoms with E-state index in [1.165, 1.54) is 12.3 Å². The third-order valence-corrected chi connectivity index (χ3v) is 2.31. The number of nitrogens with one attached hydrogen (secondary N) is 1. The molecule has 2 aromatic rings. The highest BCUT2D eigenvalue weighted by Gasteiger charge is 2.15. The van der Waals surface area contributed by atoms with Crippen molar-refractivity contribution in [3.63, 3.8) is 0 Å². The fourth-order valence-electron chi connectivity index (χ4n) is 1.35. The Morgan fingerprint density at radius 3 is 2.79 bits per heavy atom. The number of aromatic nitrogens is 1. The minimum atomic E-state index is -1.10. The van der Waals surface area contributed by atoms with Crippen LogP contribution < -0.4 is 0 Å². The molecule has 72 valence electrons. The Morgan fingerprint density at radius 1 is 1.43 bits per heavy atom. The van der Waals surface area contributed by atoms with Gasteiger partial charge in [-0.15, -0.1) is 0 Å². The summed E-state index contributed by atoms with van der Waals surface area (Å²) >= 11 is 5.66. The molecule has 0 fully saturated rings. The van der Waals surface area contributed by atoms with Crippen LogP contribution in [0.15, 0.2) is 18.3 Å². The molecular formula is C9H6ClNO3. The maximum absolute atomic E-state index is 10.8. The van der Waals surface area contributed by atoms with Crippen molar-refractivity contribution in [1.29, 1.82) is 0 Å². The second-order valence-corrected chi connectivity index (χ2v) is 3.23. The third kappa shape index (κ3) is 1.12. The Hall–Kier alpha value is -1.68. The van der Waals surface area contributed by atoms with Gasteiger partial charge in [0.05, 0.1) is 21.5 Å². The molecule has 3 N–H and O–H groups in total. The number of phenolic OH excluding ortho intramolecular Hbond substituents is 1. The van der Waals surface area contributed by atoms with Crippen molar-refractivity contribution in [2.75, 3.05) is 0 Å². The Balaban J connectivity index is 2.89. The number of aromatic carboxylic acids is 1. The van der Waals surface area contributed by atoms with Gasteiger partial charge in [-0.1, -0.05) is 11.6 Å². The highest BCUT2D eigenvalue weighted by molar-refractivity contribution is 6.33. The minimum absolute atomic E-state index is 0.0139. The van der Waals surface area contributed by atoms with Gasteiger partial charge in [0.15, 0.2) is 0 Å². The zero-order valence-corrected chi connectivity index (χ0v) is 7.67. The van der Waals surface area contributed by atoms with E-state index >= 15 is 0 Å². The van der Waals surface area contributed by atoms with Gasteiger partial charge in [0.25, 0.3) is 0 Å². The van der Waals surface area contributed by atoms with E-state index in [9.17, 15) is 9.90 Å². The van der Waals surface area contributed by atoms with Gasteiger partial charge >= 0.3 is 5.97 Å². The van der Waals surface area contributed by atoms with Gasteiger partial charge in [-0.3, -0.25) is 0 Å². The smallest absolute Gasteiger partial charge is 0.338 e. The van der Waals surface area contributed by atoms with Crippen LogP contribution >= 0.6 is 11.6 Å². The number of fused-ring (bicyclic) bond motifs is 1. The number of carboxylic acids is 1. The van der Waals surface area contributed by atoms with Crippen LogP contribution in [0.1, 0.15) is 10.4 Å². The summed E-state index contributed by atoms with van der Waals surface area (Å²) in [5.74, 6) is -1.31.